The predicted molar refractivity (Wildman–Crippen MR) is 112 cm³/mol. The summed E-state index contributed by atoms with van der Waals surface area (Å²) in [6.07, 6.45) is 13.6. The normalized spacial score (nSPS) is 12.8. The molecule has 0 aromatic rings. The number of hydrogen-bond donors (Lipinski definition) is 0. The van der Waals surface area contributed by atoms with Crippen LogP contribution in [0.15, 0.2) is 12.7 Å². The molecule has 0 aliphatic heterocycles. The zero-order chi connectivity index (χ0) is 19.7. The van der Waals surface area contributed by atoms with Gasteiger partial charge in [-0.3, -0.25) is 0 Å². The van der Waals surface area contributed by atoms with Crippen LogP contribution in [0.2, 0.25) is 12.6 Å². The Balaban J connectivity index is 3.46. The first-order valence-electron chi connectivity index (χ1n) is 10.6. The Labute approximate surface area is 162 Å². The summed E-state index contributed by atoms with van der Waals surface area (Å²) in [6.45, 7) is 13.2. The molecule has 0 heterocycles. The standard InChI is InChI=1S/C21H42O4Si/c1-6-21(22)25-20(4)18-16-14-12-10-9-11-13-15-17-19-26(5,23-7-2)24-8-3/h6,20H,1,7-19H2,2-5H3. The second kappa shape index (κ2) is 16.5. The minimum absolute atomic E-state index is 0.00288. The summed E-state index contributed by atoms with van der Waals surface area (Å²) in [5.74, 6) is -0.317. The van der Waals surface area contributed by atoms with Crippen LogP contribution in [-0.4, -0.2) is 33.8 Å². The zero-order valence-electron chi connectivity index (χ0n) is 17.7. The van der Waals surface area contributed by atoms with Crippen LogP contribution < -0.4 is 0 Å². The fourth-order valence-corrected chi connectivity index (χ4v) is 5.70. The molecule has 1 unspecified atom stereocenters. The maximum absolute atomic E-state index is 11.1. The molecule has 0 aliphatic carbocycles. The zero-order valence-corrected chi connectivity index (χ0v) is 18.7. The van der Waals surface area contributed by atoms with E-state index in [1.807, 2.05) is 6.92 Å². The third kappa shape index (κ3) is 14.5. The quantitative estimate of drug-likeness (QED) is 0.123. The molecule has 154 valence electrons. The summed E-state index contributed by atoms with van der Waals surface area (Å²) < 4.78 is 16.9. The van der Waals surface area contributed by atoms with Crippen LogP contribution in [0.5, 0.6) is 0 Å². The van der Waals surface area contributed by atoms with Gasteiger partial charge in [-0.1, -0.05) is 57.9 Å². The molecule has 0 bridgehead atoms. The van der Waals surface area contributed by atoms with Crippen LogP contribution in [0.1, 0.15) is 85.0 Å². The summed E-state index contributed by atoms with van der Waals surface area (Å²) in [6, 6.07) is 1.11. The van der Waals surface area contributed by atoms with Crippen LogP contribution >= 0.6 is 0 Å². The predicted octanol–water partition coefficient (Wildman–Crippen LogP) is 6.15. The van der Waals surface area contributed by atoms with Gasteiger partial charge < -0.3 is 13.6 Å². The van der Waals surface area contributed by atoms with E-state index in [1.165, 1.54) is 57.4 Å². The third-order valence-corrected chi connectivity index (χ3v) is 7.69. The molecule has 4 nitrogen and oxygen atoms in total. The first kappa shape index (κ1) is 25.3. The number of unbranched alkanes of at least 4 members (excludes halogenated alkanes) is 8. The number of carbonyl (C=O) groups excluding carboxylic acids is 1. The van der Waals surface area contributed by atoms with E-state index >= 15 is 0 Å². The summed E-state index contributed by atoms with van der Waals surface area (Å²) >= 11 is 0. The van der Waals surface area contributed by atoms with Gasteiger partial charge in [-0.25, -0.2) is 4.79 Å². The molecule has 0 N–H and O–H groups in total. The molecule has 1 atom stereocenters. The lowest BCUT2D eigenvalue weighted by Gasteiger charge is -2.25. The highest BCUT2D eigenvalue weighted by Crippen LogP contribution is 2.19. The van der Waals surface area contributed by atoms with Crippen LogP contribution in [0, 0.1) is 0 Å². The number of esters is 1. The Morgan fingerprint density at radius 2 is 1.38 bits per heavy atom. The summed E-state index contributed by atoms with van der Waals surface area (Å²) in [5.41, 5.74) is 0. The monoisotopic (exact) mass is 386 g/mol. The lowest BCUT2D eigenvalue weighted by molar-refractivity contribution is -0.142. The molecule has 0 spiro atoms. The largest absolute Gasteiger partial charge is 0.460 e. The second-order valence-electron chi connectivity index (χ2n) is 7.17. The van der Waals surface area contributed by atoms with Crippen molar-refractivity contribution in [2.45, 2.75) is 104 Å². The van der Waals surface area contributed by atoms with E-state index in [0.717, 1.165) is 32.1 Å². The molecule has 0 aromatic carbocycles. The van der Waals surface area contributed by atoms with Crippen LogP contribution in [0.3, 0.4) is 0 Å². The Morgan fingerprint density at radius 3 is 1.85 bits per heavy atom. The molecule has 0 amide bonds. The Kier molecular flexibility index (Phi) is 16.1. The molecule has 0 saturated heterocycles. The molecular weight excluding hydrogens is 344 g/mol. The van der Waals surface area contributed by atoms with Gasteiger partial charge in [-0.2, -0.15) is 0 Å². The Morgan fingerprint density at radius 1 is 0.923 bits per heavy atom. The van der Waals surface area contributed by atoms with Crippen molar-refractivity contribution in [3.8, 4) is 0 Å². The maximum atomic E-state index is 11.1. The lowest BCUT2D eigenvalue weighted by Crippen LogP contribution is -2.38. The Hall–Kier alpha value is -0.653. The fourth-order valence-electron chi connectivity index (χ4n) is 3.22. The summed E-state index contributed by atoms with van der Waals surface area (Å²) in [4.78, 5) is 11.1. The van der Waals surface area contributed by atoms with E-state index in [-0.39, 0.29) is 12.1 Å². The van der Waals surface area contributed by atoms with Crippen molar-refractivity contribution in [1.29, 1.82) is 0 Å². The minimum Gasteiger partial charge on any atom is -0.460 e. The van der Waals surface area contributed by atoms with Crippen molar-refractivity contribution in [1.82, 2.24) is 0 Å². The van der Waals surface area contributed by atoms with Crippen LogP contribution in [0.25, 0.3) is 0 Å². The van der Waals surface area contributed by atoms with Crippen molar-refractivity contribution in [2.24, 2.45) is 0 Å². The first-order valence-corrected chi connectivity index (χ1v) is 13.1. The van der Waals surface area contributed by atoms with Gasteiger partial charge in [0.15, 0.2) is 0 Å². The second-order valence-corrected chi connectivity index (χ2v) is 10.5. The molecule has 5 heteroatoms. The van der Waals surface area contributed by atoms with Gasteiger partial charge in [0.1, 0.15) is 0 Å². The maximum Gasteiger partial charge on any atom is 0.334 e. The highest BCUT2D eigenvalue weighted by molar-refractivity contribution is 6.66. The van der Waals surface area contributed by atoms with Gasteiger partial charge in [-0.15, -0.1) is 0 Å². The average molecular weight is 387 g/mol. The molecule has 0 radical (unpaired) electrons. The first-order chi connectivity index (χ1) is 12.5. The number of ether oxygens (including phenoxy) is 1. The van der Waals surface area contributed by atoms with Crippen LogP contribution in [-0.2, 0) is 18.4 Å². The van der Waals surface area contributed by atoms with Crippen molar-refractivity contribution in [3.63, 3.8) is 0 Å². The average Bonchev–Trinajstić information content (AvgIpc) is 2.59. The van der Waals surface area contributed by atoms with E-state index in [2.05, 4.69) is 27.0 Å². The number of hydrogen-bond acceptors (Lipinski definition) is 4. The molecule has 26 heavy (non-hydrogen) atoms. The number of carbonyl (C=O) groups is 1. The molecule has 0 aromatic heterocycles. The third-order valence-electron chi connectivity index (χ3n) is 4.62. The molecule has 0 saturated carbocycles. The van der Waals surface area contributed by atoms with E-state index in [0.29, 0.717) is 0 Å². The topological polar surface area (TPSA) is 44.8 Å². The van der Waals surface area contributed by atoms with Gasteiger partial charge in [0.25, 0.3) is 0 Å². The highest BCUT2D eigenvalue weighted by Gasteiger charge is 2.29. The van der Waals surface area contributed by atoms with Gasteiger partial charge in [0, 0.05) is 19.3 Å². The van der Waals surface area contributed by atoms with Crippen LogP contribution in [0.4, 0.5) is 0 Å². The van der Waals surface area contributed by atoms with E-state index < -0.39 is 8.56 Å². The lowest BCUT2D eigenvalue weighted by atomic mass is 10.1. The van der Waals surface area contributed by atoms with E-state index in [1.54, 1.807) is 0 Å². The SMILES string of the molecule is C=CC(=O)OC(C)CCCCCCCCCCC[Si](C)(OCC)OCC. The molecular formula is C21H42O4Si. The minimum atomic E-state index is -1.90. The smallest absolute Gasteiger partial charge is 0.334 e. The van der Waals surface area contributed by atoms with Crippen molar-refractivity contribution < 1.29 is 18.4 Å². The van der Waals surface area contributed by atoms with Crippen molar-refractivity contribution in [2.75, 3.05) is 13.2 Å². The fraction of sp³-hybridized carbons (Fsp3) is 0.857. The molecule has 0 rings (SSSR count). The van der Waals surface area contributed by atoms with Crippen molar-refractivity contribution >= 4 is 14.5 Å². The summed E-state index contributed by atoms with van der Waals surface area (Å²) in [5, 5.41) is 0. The van der Waals surface area contributed by atoms with Gasteiger partial charge in [0.2, 0.25) is 0 Å². The molecule has 0 aliphatic rings. The van der Waals surface area contributed by atoms with E-state index in [4.69, 9.17) is 13.6 Å². The summed E-state index contributed by atoms with van der Waals surface area (Å²) in [7, 11) is -1.90. The number of rotatable bonds is 18. The van der Waals surface area contributed by atoms with Gasteiger partial charge in [-0.05, 0) is 46.2 Å². The van der Waals surface area contributed by atoms with Gasteiger partial charge in [0.05, 0.1) is 6.10 Å². The highest BCUT2D eigenvalue weighted by atomic mass is 28.4. The molecule has 0 fully saturated rings. The van der Waals surface area contributed by atoms with Crippen molar-refractivity contribution in [3.05, 3.63) is 12.7 Å². The Bertz CT molecular complexity index is 354. The van der Waals surface area contributed by atoms with E-state index in [9.17, 15) is 4.79 Å². The van der Waals surface area contributed by atoms with Gasteiger partial charge >= 0.3 is 14.5 Å².